The van der Waals surface area contributed by atoms with Crippen molar-refractivity contribution < 1.29 is 9.90 Å². The van der Waals surface area contributed by atoms with Gasteiger partial charge in [0.1, 0.15) is 10.9 Å². The number of carboxylic acid groups (broad SMARTS) is 1. The summed E-state index contributed by atoms with van der Waals surface area (Å²) in [6.07, 6.45) is 2.21. The molecule has 26 heavy (non-hydrogen) atoms. The number of thiazole rings is 1. The largest absolute Gasteiger partial charge is 0.481 e. The van der Waals surface area contributed by atoms with Crippen LogP contribution in [-0.2, 0) is 4.79 Å². The van der Waals surface area contributed by atoms with E-state index >= 15 is 0 Å². The molecule has 134 valence electrons. The molecule has 0 radical (unpaired) electrons. The van der Waals surface area contributed by atoms with E-state index < -0.39 is 11.9 Å². The highest BCUT2D eigenvalue weighted by Gasteiger charge is 2.30. The predicted molar refractivity (Wildman–Crippen MR) is 106 cm³/mol. The summed E-state index contributed by atoms with van der Waals surface area (Å²) in [5.74, 6) is -1.09. The summed E-state index contributed by atoms with van der Waals surface area (Å²) < 4.78 is 0. The molecule has 0 saturated carbocycles. The fourth-order valence-electron chi connectivity index (χ4n) is 3.40. The molecule has 0 aliphatic rings. The van der Waals surface area contributed by atoms with Crippen LogP contribution in [0.1, 0.15) is 52.8 Å². The van der Waals surface area contributed by atoms with Gasteiger partial charge < -0.3 is 5.11 Å². The maximum absolute atomic E-state index is 11.9. The Balaban J connectivity index is 1.95. The van der Waals surface area contributed by atoms with Crippen molar-refractivity contribution in [2.45, 2.75) is 38.0 Å². The summed E-state index contributed by atoms with van der Waals surface area (Å²) in [5.41, 5.74) is 3.62. The van der Waals surface area contributed by atoms with Gasteiger partial charge in [-0.05, 0) is 36.3 Å². The lowest BCUT2D eigenvalue weighted by Gasteiger charge is -2.27. The second-order valence-electron chi connectivity index (χ2n) is 6.71. The van der Waals surface area contributed by atoms with Crippen molar-refractivity contribution in [3.05, 3.63) is 87.9 Å². The second kappa shape index (κ2) is 8.28. The van der Waals surface area contributed by atoms with Gasteiger partial charge in [-0.3, -0.25) is 4.79 Å². The summed E-state index contributed by atoms with van der Waals surface area (Å²) in [6, 6.07) is 18.7. The first-order valence-electron chi connectivity index (χ1n) is 8.80. The Morgan fingerprint density at radius 1 is 1.08 bits per heavy atom. The fourth-order valence-corrected chi connectivity index (χ4v) is 4.14. The SMILES string of the molecule is Cc1ccc(C(C)C(CC(C(=O)O)c2nccs2)c2ccccc2)cc1. The lowest BCUT2D eigenvalue weighted by atomic mass is 9.77. The molecule has 3 nitrogen and oxygen atoms in total. The van der Waals surface area contributed by atoms with Crippen molar-refractivity contribution in [2.24, 2.45) is 0 Å². The molecule has 0 amide bonds. The molecule has 4 heteroatoms. The highest BCUT2D eigenvalue weighted by atomic mass is 32.1. The van der Waals surface area contributed by atoms with Crippen LogP contribution in [0.3, 0.4) is 0 Å². The van der Waals surface area contributed by atoms with Crippen LogP contribution < -0.4 is 0 Å². The number of hydrogen-bond acceptors (Lipinski definition) is 3. The van der Waals surface area contributed by atoms with Gasteiger partial charge in [-0.25, -0.2) is 4.98 Å². The molecule has 0 saturated heterocycles. The van der Waals surface area contributed by atoms with E-state index in [4.69, 9.17) is 0 Å². The predicted octanol–water partition coefficient (Wildman–Crippen LogP) is 5.60. The van der Waals surface area contributed by atoms with Gasteiger partial charge in [-0.15, -0.1) is 11.3 Å². The molecule has 0 aliphatic heterocycles. The number of nitrogens with zero attached hydrogens (tertiary/aromatic N) is 1. The maximum Gasteiger partial charge on any atom is 0.313 e. The van der Waals surface area contributed by atoms with Crippen LogP contribution >= 0.6 is 11.3 Å². The van der Waals surface area contributed by atoms with Crippen molar-refractivity contribution in [3.63, 3.8) is 0 Å². The molecule has 2 aromatic carbocycles. The van der Waals surface area contributed by atoms with Crippen LogP contribution in [0.4, 0.5) is 0 Å². The number of carboxylic acids is 1. The number of hydrogen-bond donors (Lipinski definition) is 1. The Hall–Kier alpha value is -2.46. The maximum atomic E-state index is 11.9. The van der Waals surface area contributed by atoms with E-state index in [2.05, 4.69) is 55.2 Å². The minimum Gasteiger partial charge on any atom is -0.481 e. The molecule has 3 aromatic rings. The zero-order valence-electron chi connectivity index (χ0n) is 15.0. The molecular weight excluding hydrogens is 342 g/mol. The molecule has 0 bridgehead atoms. The van der Waals surface area contributed by atoms with Crippen LogP contribution in [0.2, 0.25) is 0 Å². The third kappa shape index (κ3) is 4.20. The van der Waals surface area contributed by atoms with E-state index in [-0.39, 0.29) is 11.8 Å². The third-order valence-electron chi connectivity index (χ3n) is 4.97. The Morgan fingerprint density at radius 3 is 2.35 bits per heavy atom. The van der Waals surface area contributed by atoms with Crippen LogP contribution in [0, 0.1) is 6.92 Å². The highest BCUT2D eigenvalue weighted by molar-refractivity contribution is 7.09. The van der Waals surface area contributed by atoms with Crippen LogP contribution in [-0.4, -0.2) is 16.1 Å². The minimum atomic E-state index is -0.808. The second-order valence-corrected chi connectivity index (χ2v) is 7.64. The van der Waals surface area contributed by atoms with E-state index in [0.717, 1.165) is 0 Å². The number of benzene rings is 2. The third-order valence-corrected chi connectivity index (χ3v) is 5.86. The molecule has 3 rings (SSSR count). The molecular formula is C22H23NO2S. The van der Waals surface area contributed by atoms with Gasteiger partial charge in [0.15, 0.2) is 0 Å². The first kappa shape index (κ1) is 18.3. The van der Waals surface area contributed by atoms with Gasteiger partial charge in [0, 0.05) is 11.6 Å². The molecule has 0 spiro atoms. The Morgan fingerprint density at radius 2 is 1.77 bits per heavy atom. The van der Waals surface area contributed by atoms with Gasteiger partial charge in [0.05, 0.1) is 0 Å². The van der Waals surface area contributed by atoms with Gasteiger partial charge in [0.25, 0.3) is 0 Å². The molecule has 0 aliphatic carbocycles. The van der Waals surface area contributed by atoms with Gasteiger partial charge in [-0.1, -0.05) is 67.1 Å². The monoisotopic (exact) mass is 365 g/mol. The number of aliphatic carboxylic acids is 1. The number of aromatic nitrogens is 1. The first-order valence-corrected chi connectivity index (χ1v) is 9.68. The molecule has 3 atom stereocenters. The quantitative estimate of drug-likeness (QED) is 0.593. The number of aryl methyl sites for hydroxylation is 1. The van der Waals surface area contributed by atoms with Crippen molar-refractivity contribution in [1.82, 2.24) is 4.98 Å². The van der Waals surface area contributed by atoms with E-state index in [1.165, 1.54) is 28.0 Å². The standard InChI is InChI=1S/C22H23NO2S/c1-15-8-10-17(11-9-15)16(2)19(18-6-4-3-5-7-18)14-20(22(24)25)21-23-12-13-26-21/h3-13,16,19-20H,14H2,1-2H3,(H,24,25). The average Bonchev–Trinajstić information content (AvgIpc) is 3.17. The minimum absolute atomic E-state index is 0.101. The Bertz CT molecular complexity index is 828. The number of rotatable bonds is 7. The first-order chi connectivity index (χ1) is 12.6. The Labute approximate surface area is 158 Å². The average molecular weight is 365 g/mol. The number of carbonyl (C=O) groups is 1. The summed E-state index contributed by atoms with van der Waals surface area (Å²) in [4.78, 5) is 16.2. The van der Waals surface area contributed by atoms with E-state index in [9.17, 15) is 9.90 Å². The van der Waals surface area contributed by atoms with Crippen molar-refractivity contribution in [3.8, 4) is 0 Å². The zero-order chi connectivity index (χ0) is 18.5. The lowest BCUT2D eigenvalue weighted by molar-refractivity contribution is -0.139. The van der Waals surface area contributed by atoms with E-state index in [1.54, 1.807) is 6.20 Å². The van der Waals surface area contributed by atoms with Crippen molar-refractivity contribution >= 4 is 17.3 Å². The fraction of sp³-hybridized carbons (Fsp3) is 0.273. The summed E-state index contributed by atoms with van der Waals surface area (Å²) in [6.45, 7) is 4.26. The van der Waals surface area contributed by atoms with Crippen LogP contribution in [0.25, 0.3) is 0 Å². The molecule has 1 heterocycles. The zero-order valence-corrected chi connectivity index (χ0v) is 15.8. The van der Waals surface area contributed by atoms with Gasteiger partial charge >= 0.3 is 5.97 Å². The lowest BCUT2D eigenvalue weighted by Crippen LogP contribution is -2.18. The summed E-state index contributed by atoms with van der Waals surface area (Å²) >= 11 is 1.41. The molecule has 0 fully saturated rings. The Kier molecular flexibility index (Phi) is 5.84. The smallest absolute Gasteiger partial charge is 0.313 e. The molecule has 3 unspecified atom stereocenters. The van der Waals surface area contributed by atoms with Gasteiger partial charge in [-0.2, -0.15) is 0 Å². The molecule has 1 N–H and O–H groups in total. The van der Waals surface area contributed by atoms with Crippen molar-refractivity contribution in [1.29, 1.82) is 0 Å². The highest BCUT2D eigenvalue weighted by Crippen LogP contribution is 2.40. The topological polar surface area (TPSA) is 50.2 Å². The van der Waals surface area contributed by atoms with Crippen LogP contribution in [0.5, 0.6) is 0 Å². The van der Waals surface area contributed by atoms with Crippen molar-refractivity contribution in [2.75, 3.05) is 0 Å². The normalized spacial score (nSPS) is 14.5. The summed E-state index contributed by atoms with van der Waals surface area (Å²) in [5, 5.41) is 12.3. The molecule has 1 aromatic heterocycles. The van der Waals surface area contributed by atoms with Crippen LogP contribution in [0.15, 0.2) is 66.2 Å². The van der Waals surface area contributed by atoms with E-state index in [1.807, 2.05) is 23.6 Å². The van der Waals surface area contributed by atoms with Gasteiger partial charge in [0.2, 0.25) is 0 Å². The summed E-state index contributed by atoms with van der Waals surface area (Å²) in [7, 11) is 0. The van der Waals surface area contributed by atoms with E-state index in [0.29, 0.717) is 11.4 Å².